The number of rotatable bonds is 4. The van der Waals surface area contributed by atoms with E-state index in [2.05, 4.69) is 10.3 Å². The van der Waals surface area contributed by atoms with Gasteiger partial charge in [0.15, 0.2) is 0 Å². The van der Waals surface area contributed by atoms with Crippen LogP contribution < -0.4 is 11.1 Å². The highest BCUT2D eigenvalue weighted by atomic mass is 32.1. The van der Waals surface area contributed by atoms with Gasteiger partial charge in [-0.15, -0.1) is 11.3 Å². The van der Waals surface area contributed by atoms with Crippen molar-refractivity contribution >= 4 is 28.7 Å². The van der Waals surface area contributed by atoms with Crippen molar-refractivity contribution in [2.45, 2.75) is 13.5 Å². The lowest BCUT2D eigenvalue weighted by Crippen LogP contribution is -2.08. The van der Waals surface area contributed by atoms with Gasteiger partial charge in [0.05, 0.1) is 24.2 Å². The Kier molecular flexibility index (Phi) is 4.01. The Labute approximate surface area is 115 Å². The largest absolute Gasteiger partial charge is 0.465 e. The summed E-state index contributed by atoms with van der Waals surface area (Å²) >= 11 is 1.62. The van der Waals surface area contributed by atoms with Gasteiger partial charge in [-0.05, 0) is 25.1 Å². The minimum atomic E-state index is -0.407. The van der Waals surface area contributed by atoms with Gasteiger partial charge in [-0.2, -0.15) is 0 Å². The minimum Gasteiger partial charge on any atom is -0.465 e. The van der Waals surface area contributed by atoms with Crippen LogP contribution in [0.25, 0.3) is 0 Å². The number of aromatic nitrogens is 1. The first-order valence-corrected chi connectivity index (χ1v) is 6.55. The molecule has 0 saturated heterocycles. The number of carbonyl (C=O) groups excluding carboxylic acids is 1. The summed E-state index contributed by atoms with van der Waals surface area (Å²) < 4.78 is 4.74. The van der Waals surface area contributed by atoms with Gasteiger partial charge in [-0.25, -0.2) is 9.78 Å². The van der Waals surface area contributed by atoms with Gasteiger partial charge in [0.1, 0.15) is 0 Å². The summed E-state index contributed by atoms with van der Waals surface area (Å²) in [7, 11) is 1.35. The lowest BCUT2D eigenvalue weighted by atomic mass is 10.1. The number of nitrogens with two attached hydrogens (primary N) is 1. The molecule has 0 aliphatic carbocycles. The number of thiazole rings is 1. The van der Waals surface area contributed by atoms with E-state index in [0.717, 1.165) is 9.88 Å². The van der Waals surface area contributed by atoms with Crippen LogP contribution in [0.15, 0.2) is 24.4 Å². The number of carbonyl (C=O) groups is 1. The van der Waals surface area contributed by atoms with E-state index >= 15 is 0 Å². The fraction of sp³-hybridized carbons (Fsp3) is 0.231. The van der Waals surface area contributed by atoms with Gasteiger partial charge in [-0.3, -0.25) is 0 Å². The Bertz CT molecular complexity index is 595. The number of nitrogens with one attached hydrogen (secondary N) is 1. The first-order chi connectivity index (χ1) is 9.10. The van der Waals surface area contributed by atoms with E-state index in [1.54, 1.807) is 29.5 Å². The van der Waals surface area contributed by atoms with Crippen molar-refractivity contribution in [3.8, 4) is 0 Å². The number of benzene rings is 1. The predicted octanol–water partition coefficient (Wildman–Crippen LogP) is 2.43. The molecule has 0 unspecified atom stereocenters. The molecule has 1 aromatic carbocycles. The molecule has 19 heavy (non-hydrogen) atoms. The van der Waals surface area contributed by atoms with E-state index < -0.39 is 5.97 Å². The number of hydrogen-bond acceptors (Lipinski definition) is 6. The van der Waals surface area contributed by atoms with Crippen LogP contribution in [0.1, 0.15) is 20.2 Å². The number of nitrogen functional groups attached to an aromatic ring is 1. The quantitative estimate of drug-likeness (QED) is 0.663. The maximum Gasteiger partial charge on any atom is 0.340 e. The topological polar surface area (TPSA) is 77.2 Å². The van der Waals surface area contributed by atoms with E-state index in [1.165, 1.54) is 7.11 Å². The fourth-order valence-corrected chi connectivity index (χ4v) is 2.40. The Morgan fingerprint density at radius 3 is 2.95 bits per heavy atom. The monoisotopic (exact) mass is 277 g/mol. The highest BCUT2D eigenvalue weighted by Gasteiger charge is 2.12. The number of nitrogens with zero attached hydrogens (tertiary/aromatic N) is 1. The third-order valence-corrected chi connectivity index (χ3v) is 3.48. The van der Waals surface area contributed by atoms with E-state index in [1.807, 2.05) is 13.1 Å². The number of ether oxygens (including phenoxy) is 1. The number of aryl methyl sites for hydroxylation is 1. The van der Waals surface area contributed by atoms with Crippen LogP contribution in [-0.4, -0.2) is 18.1 Å². The summed E-state index contributed by atoms with van der Waals surface area (Å²) in [4.78, 5) is 17.0. The summed E-state index contributed by atoms with van der Waals surface area (Å²) in [5.74, 6) is -0.407. The van der Waals surface area contributed by atoms with Gasteiger partial charge >= 0.3 is 5.97 Å². The normalized spacial score (nSPS) is 10.2. The molecule has 100 valence electrons. The summed E-state index contributed by atoms with van der Waals surface area (Å²) in [6.07, 6.45) is 1.82. The third kappa shape index (κ3) is 3.23. The number of anilines is 2. The first kappa shape index (κ1) is 13.4. The van der Waals surface area contributed by atoms with Crippen LogP contribution in [0, 0.1) is 6.92 Å². The molecule has 5 nitrogen and oxygen atoms in total. The van der Waals surface area contributed by atoms with Gasteiger partial charge in [0.25, 0.3) is 0 Å². The second kappa shape index (κ2) is 5.71. The molecule has 3 N–H and O–H groups in total. The second-order valence-electron chi connectivity index (χ2n) is 4.00. The molecule has 0 aliphatic rings. The van der Waals surface area contributed by atoms with Crippen molar-refractivity contribution in [3.05, 3.63) is 39.8 Å². The van der Waals surface area contributed by atoms with E-state index in [9.17, 15) is 4.79 Å². The molecule has 0 atom stereocenters. The van der Waals surface area contributed by atoms with E-state index in [-0.39, 0.29) is 0 Å². The van der Waals surface area contributed by atoms with Crippen molar-refractivity contribution in [3.63, 3.8) is 0 Å². The molecular formula is C13H15N3O2S. The van der Waals surface area contributed by atoms with E-state index in [0.29, 0.717) is 23.5 Å². The zero-order valence-corrected chi connectivity index (χ0v) is 11.6. The van der Waals surface area contributed by atoms with Crippen LogP contribution >= 0.6 is 11.3 Å². The molecule has 0 spiro atoms. The van der Waals surface area contributed by atoms with Crippen LogP contribution in [-0.2, 0) is 11.3 Å². The van der Waals surface area contributed by atoms with Gasteiger partial charge in [0, 0.05) is 22.4 Å². The summed E-state index contributed by atoms with van der Waals surface area (Å²) in [6, 6.07) is 5.12. The fourth-order valence-electron chi connectivity index (χ4n) is 1.66. The van der Waals surface area contributed by atoms with Crippen LogP contribution in [0.3, 0.4) is 0 Å². The maximum absolute atomic E-state index is 11.7. The Morgan fingerprint density at radius 2 is 2.32 bits per heavy atom. The summed E-state index contributed by atoms with van der Waals surface area (Å²) in [5, 5.41) is 4.22. The third-order valence-electron chi connectivity index (χ3n) is 2.57. The molecule has 0 aliphatic heterocycles. The zero-order valence-electron chi connectivity index (χ0n) is 10.8. The van der Waals surface area contributed by atoms with E-state index in [4.69, 9.17) is 10.5 Å². The molecule has 2 aromatic rings. The van der Waals surface area contributed by atoms with Gasteiger partial charge < -0.3 is 15.8 Å². The van der Waals surface area contributed by atoms with Crippen LogP contribution in [0.4, 0.5) is 11.4 Å². The average Bonchev–Trinajstić information content (AvgIpc) is 2.82. The van der Waals surface area contributed by atoms with Gasteiger partial charge in [-0.1, -0.05) is 0 Å². The Hall–Kier alpha value is -2.08. The molecule has 0 bridgehead atoms. The van der Waals surface area contributed by atoms with Crippen molar-refractivity contribution in [2.24, 2.45) is 0 Å². The standard InChI is InChI=1S/C13H15N3O2S/c1-8-15-6-10(19-8)7-16-12-4-3-9(14)5-11(12)13(17)18-2/h3-6,16H,7,14H2,1-2H3. The predicted molar refractivity (Wildman–Crippen MR) is 76.4 cm³/mol. The smallest absolute Gasteiger partial charge is 0.340 e. The number of hydrogen-bond donors (Lipinski definition) is 2. The van der Waals surface area contributed by atoms with Crippen molar-refractivity contribution in [1.82, 2.24) is 4.98 Å². The molecule has 0 amide bonds. The highest BCUT2D eigenvalue weighted by Crippen LogP contribution is 2.21. The molecule has 0 radical (unpaired) electrons. The Balaban J connectivity index is 2.17. The lowest BCUT2D eigenvalue weighted by Gasteiger charge is -2.10. The van der Waals surface area contributed by atoms with Crippen molar-refractivity contribution in [2.75, 3.05) is 18.2 Å². The molecule has 0 fully saturated rings. The highest BCUT2D eigenvalue weighted by molar-refractivity contribution is 7.11. The van der Waals surface area contributed by atoms with Gasteiger partial charge in [0.2, 0.25) is 0 Å². The molecule has 0 saturated carbocycles. The van der Waals surface area contributed by atoms with Crippen molar-refractivity contribution < 1.29 is 9.53 Å². The first-order valence-electron chi connectivity index (χ1n) is 5.73. The van der Waals surface area contributed by atoms with Crippen molar-refractivity contribution in [1.29, 1.82) is 0 Å². The van der Waals surface area contributed by atoms with Crippen LogP contribution in [0.5, 0.6) is 0 Å². The maximum atomic E-state index is 11.7. The molecule has 2 rings (SSSR count). The summed E-state index contributed by atoms with van der Waals surface area (Å²) in [5.41, 5.74) is 7.35. The SMILES string of the molecule is COC(=O)c1cc(N)ccc1NCc1cnc(C)s1. The van der Waals surface area contributed by atoms with Crippen LogP contribution in [0.2, 0.25) is 0 Å². The molecule has 6 heteroatoms. The molecule has 1 aromatic heterocycles. The second-order valence-corrected chi connectivity index (χ2v) is 5.32. The Morgan fingerprint density at radius 1 is 1.53 bits per heavy atom. The molecule has 1 heterocycles. The lowest BCUT2D eigenvalue weighted by molar-refractivity contribution is 0.0602. The minimum absolute atomic E-state index is 0.407. The molecular weight excluding hydrogens is 262 g/mol. The average molecular weight is 277 g/mol. The number of esters is 1. The number of methoxy groups -OCH3 is 1. The summed E-state index contributed by atoms with van der Waals surface area (Å²) in [6.45, 7) is 2.57. The zero-order chi connectivity index (χ0) is 13.8.